The predicted molar refractivity (Wildman–Crippen MR) is 115 cm³/mol. The highest BCUT2D eigenvalue weighted by atomic mass is 28.4. The Morgan fingerprint density at radius 1 is 1.00 bits per heavy atom. The van der Waals surface area contributed by atoms with Crippen molar-refractivity contribution in [2.24, 2.45) is 0 Å². The molecule has 1 rings (SSSR count). The van der Waals surface area contributed by atoms with Crippen LogP contribution in [-0.4, -0.2) is 39.4 Å². The molecule has 0 amide bonds. The zero-order valence-electron chi connectivity index (χ0n) is 18.8. The molecule has 0 saturated heterocycles. The van der Waals surface area contributed by atoms with E-state index in [0.29, 0.717) is 19.6 Å². The monoisotopic (exact) mass is 410 g/mol. The van der Waals surface area contributed by atoms with Gasteiger partial charge in [-0.1, -0.05) is 51.1 Å². The molecule has 0 fully saturated rings. The fraction of sp³-hybridized carbons (Fsp3) is 0.682. The maximum atomic E-state index is 12.7. The lowest BCUT2D eigenvalue weighted by atomic mass is 10.2. The van der Waals surface area contributed by atoms with Crippen LogP contribution in [0.5, 0.6) is 0 Å². The van der Waals surface area contributed by atoms with Crippen LogP contribution >= 0.6 is 0 Å². The average Bonchev–Trinajstić information content (AvgIpc) is 2.55. The van der Waals surface area contributed by atoms with Gasteiger partial charge in [-0.15, -0.1) is 0 Å². The fourth-order valence-corrected chi connectivity index (χ4v) is 3.45. The summed E-state index contributed by atoms with van der Waals surface area (Å²) in [4.78, 5) is 12.7. The van der Waals surface area contributed by atoms with Gasteiger partial charge in [0, 0.05) is 6.42 Å². The molecule has 0 saturated carbocycles. The van der Waals surface area contributed by atoms with Gasteiger partial charge in [0.05, 0.1) is 13.2 Å². The molecule has 0 N–H and O–H groups in total. The Kier molecular flexibility index (Phi) is 9.34. The molecule has 6 heteroatoms. The Morgan fingerprint density at radius 2 is 1.61 bits per heavy atom. The summed E-state index contributed by atoms with van der Waals surface area (Å²) in [7, 11) is -2.11. The Bertz CT molecular complexity index is 587. The second-order valence-electron chi connectivity index (χ2n) is 9.55. The molecule has 160 valence electrons. The molecule has 0 aliphatic heterocycles. The third kappa shape index (κ3) is 9.32. The first kappa shape index (κ1) is 24.8. The molecule has 0 aliphatic rings. The van der Waals surface area contributed by atoms with E-state index in [0.717, 1.165) is 5.56 Å². The summed E-state index contributed by atoms with van der Waals surface area (Å²) in [5, 5.41) is 0.00686. The summed E-state index contributed by atoms with van der Waals surface area (Å²) in [6.45, 7) is 17.4. The standard InChI is InChI=1S/C22H38O5Si/c1-21(2,3)26-20(23)19(27-28(7,8)22(4,5)6)14-15-24-17-25-16-18-12-10-9-11-13-18/h9-13,19H,14-17H2,1-8H3. The van der Waals surface area contributed by atoms with Crippen LogP contribution in [0.4, 0.5) is 0 Å². The number of ether oxygens (including phenoxy) is 3. The van der Waals surface area contributed by atoms with Crippen molar-refractivity contribution in [1.29, 1.82) is 0 Å². The number of carbonyl (C=O) groups excluding carboxylic acids is 1. The minimum absolute atomic E-state index is 0.00686. The zero-order valence-corrected chi connectivity index (χ0v) is 19.8. The third-order valence-electron chi connectivity index (χ3n) is 4.72. The van der Waals surface area contributed by atoms with E-state index < -0.39 is 20.0 Å². The van der Waals surface area contributed by atoms with Crippen LogP contribution < -0.4 is 0 Å². The smallest absolute Gasteiger partial charge is 0.334 e. The van der Waals surface area contributed by atoms with Gasteiger partial charge in [-0.3, -0.25) is 0 Å². The Labute approximate surface area is 171 Å². The lowest BCUT2D eigenvalue weighted by Crippen LogP contribution is -2.47. The van der Waals surface area contributed by atoms with Crippen LogP contribution in [0.1, 0.15) is 53.5 Å². The topological polar surface area (TPSA) is 54.0 Å². The van der Waals surface area contributed by atoms with E-state index in [9.17, 15) is 4.79 Å². The van der Waals surface area contributed by atoms with Crippen molar-refractivity contribution in [3.05, 3.63) is 35.9 Å². The van der Waals surface area contributed by atoms with E-state index in [1.807, 2.05) is 51.1 Å². The van der Waals surface area contributed by atoms with Crippen molar-refractivity contribution in [2.45, 2.75) is 84.4 Å². The summed E-state index contributed by atoms with van der Waals surface area (Å²) in [5.41, 5.74) is 0.546. The predicted octanol–water partition coefficient (Wildman–Crippen LogP) is 5.30. The van der Waals surface area contributed by atoms with Gasteiger partial charge in [0.1, 0.15) is 18.5 Å². The second-order valence-corrected chi connectivity index (χ2v) is 14.3. The number of hydrogen-bond acceptors (Lipinski definition) is 5. The van der Waals surface area contributed by atoms with Crippen molar-refractivity contribution in [3.63, 3.8) is 0 Å². The zero-order chi connectivity index (χ0) is 21.4. The molecule has 28 heavy (non-hydrogen) atoms. The normalized spacial score (nSPS) is 14.0. The van der Waals surface area contributed by atoms with E-state index in [1.54, 1.807) is 0 Å². The Morgan fingerprint density at radius 3 is 2.14 bits per heavy atom. The van der Waals surface area contributed by atoms with Crippen molar-refractivity contribution in [1.82, 2.24) is 0 Å². The number of benzene rings is 1. The SMILES string of the molecule is CC(C)(C)OC(=O)C(CCOCOCc1ccccc1)O[Si](C)(C)C(C)(C)C. The molecule has 1 atom stereocenters. The first-order valence-electron chi connectivity index (χ1n) is 9.92. The van der Waals surface area contributed by atoms with E-state index in [-0.39, 0.29) is 17.8 Å². The maximum Gasteiger partial charge on any atom is 0.334 e. The van der Waals surface area contributed by atoms with Gasteiger partial charge >= 0.3 is 5.97 Å². The Hall–Kier alpha value is -1.21. The molecule has 5 nitrogen and oxygen atoms in total. The van der Waals surface area contributed by atoms with Gasteiger partial charge < -0.3 is 18.6 Å². The lowest BCUT2D eigenvalue weighted by Gasteiger charge is -2.39. The van der Waals surface area contributed by atoms with Crippen LogP contribution in [-0.2, 0) is 30.0 Å². The quantitative estimate of drug-likeness (QED) is 0.227. The number of carbonyl (C=O) groups is 1. The summed E-state index contributed by atoms with van der Waals surface area (Å²) < 4.78 is 23.0. The van der Waals surface area contributed by atoms with E-state index >= 15 is 0 Å². The molecule has 0 heterocycles. The van der Waals surface area contributed by atoms with Gasteiger partial charge in [-0.2, -0.15) is 0 Å². The molecule has 1 unspecified atom stereocenters. The minimum atomic E-state index is -2.11. The first-order chi connectivity index (χ1) is 12.8. The van der Waals surface area contributed by atoms with Crippen molar-refractivity contribution >= 4 is 14.3 Å². The van der Waals surface area contributed by atoms with Crippen LogP contribution in [0.2, 0.25) is 18.1 Å². The van der Waals surface area contributed by atoms with Crippen LogP contribution in [0.25, 0.3) is 0 Å². The number of hydrogen-bond donors (Lipinski definition) is 0. The van der Waals surface area contributed by atoms with Crippen LogP contribution in [0.15, 0.2) is 30.3 Å². The molecular formula is C22H38O5Si. The summed E-state index contributed by atoms with van der Waals surface area (Å²) in [6.07, 6.45) is -0.190. The molecule has 0 radical (unpaired) electrons. The van der Waals surface area contributed by atoms with E-state index in [1.165, 1.54) is 0 Å². The highest BCUT2D eigenvalue weighted by Gasteiger charge is 2.41. The number of rotatable bonds is 10. The minimum Gasteiger partial charge on any atom is -0.458 e. The highest BCUT2D eigenvalue weighted by molar-refractivity contribution is 6.74. The molecule has 0 spiro atoms. The largest absolute Gasteiger partial charge is 0.458 e. The van der Waals surface area contributed by atoms with Crippen molar-refractivity contribution in [2.75, 3.05) is 13.4 Å². The fourth-order valence-electron chi connectivity index (χ4n) is 2.17. The summed E-state index contributed by atoms with van der Waals surface area (Å²) in [5.74, 6) is -0.328. The number of esters is 1. The lowest BCUT2D eigenvalue weighted by molar-refractivity contribution is -0.165. The second kappa shape index (κ2) is 10.5. The van der Waals surface area contributed by atoms with Gasteiger partial charge in [-0.05, 0) is 44.5 Å². The van der Waals surface area contributed by atoms with Gasteiger partial charge in [0.2, 0.25) is 0 Å². The summed E-state index contributed by atoms with van der Waals surface area (Å²) in [6, 6.07) is 9.93. The Balaban J connectivity index is 2.53. The van der Waals surface area contributed by atoms with Crippen LogP contribution in [0.3, 0.4) is 0 Å². The first-order valence-corrected chi connectivity index (χ1v) is 12.8. The maximum absolute atomic E-state index is 12.7. The van der Waals surface area contributed by atoms with Gasteiger partial charge in [-0.25, -0.2) is 4.79 Å². The van der Waals surface area contributed by atoms with Gasteiger partial charge in [0.25, 0.3) is 0 Å². The van der Waals surface area contributed by atoms with Crippen LogP contribution in [0, 0.1) is 0 Å². The van der Waals surface area contributed by atoms with Crippen molar-refractivity contribution < 1.29 is 23.4 Å². The average molecular weight is 411 g/mol. The summed E-state index contributed by atoms with van der Waals surface area (Å²) >= 11 is 0. The molecule has 1 aromatic rings. The molecule has 0 aromatic heterocycles. The highest BCUT2D eigenvalue weighted by Crippen LogP contribution is 2.37. The molecule has 0 bridgehead atoms. The van der Waals surface area contributed by atoms with E-state index in [4.69, 9.17) is 18.6 Å². The molecule has 1 aromatic carbocycles. The van der Waals surface area contributed by atoms with Crippen molar-refractivity contribution in [3.8, 4) is 0 Å². The molecular weight excluding hydrogens is 372 g/mol. The van der Waals surface area contributed by atoms with Gasteiger partial charge in [0.15, 0.2) is 8.32 Å². The molecule has 0 aliphatic carbocycles. The third-order valence-corrected chi connectivity index (χ3v) is 9.20. The van der Waals surface area contributed by atoms with E-state index in [2.05, 4.69) is 33.9 Å².